The summed E-state index contributed by atoms with van der Waals surface area (Å²) in [6, 6.07) is 13.1. The average molecular weight is 531 g/mol. The molecule has 0 radical (unpaired) electrons. The van der Waals surface area contributed by atoms with Gasteiger partial charge in [0.25, 0.3) is 0 Å². The fraction of sp³-hybridized carbons (Fsp3) is 0.320. The van der Waals surface area contributed by atoms with Crippen molar-refractivity contribution in [2.24, 2.45) is 0 Å². The smallest absolute Gasteiger partial charge is 0.319 e. The van der Waals surface area contributed by atoms with Crippen molar-refractivity contribution in [1.29, 1.82) is 0 Å². The Hall–Kier alpha value is -3.53. The van der Waals surface area contributed by atoms with E-state index in [0.29, 0.717) is 22.2 Å². The zero-order chi connectivity index (χ0) is 26.5. The SMILES string of the molecule is CC(=O)c1cn(CC(=O)N2C[C@H](F)C[C@H]2C(=O)NCc2ccccc2)c2ccc(OCO[PH](=O)O)cc12. The maximum atomic E-state index is 14.3. The number of nitrogens with zero attached hydrogens (tertiary/aromatic N) is 2. The highest BCUT2D eigenvalue weighted by Crippen LogP contribution is 2.28. The van der Waals surface area contributed by atoms with E-state index in [9.17, 15) is 23.3 Å². The number of carbonyl (C=O) groups is 3. The highest BCUT2D eigenvalue weighted by atomic mass is 31.1. The number of aromatic nitrogens is 1. The Kier molecular flexibility index (Phi) is 8.38. The molecule has 0 spiro atoms. The standard InChI is InChI=1S/C25H27FN3O7P/c1-16(30)21-13-28(22-8-7-19(10-20(21)22)35-15-36-37(33)34)14-24(31)29-12-18(26)9-23(29)25(32)27-11-17-5-3-2-4-6-17/h2-8,10,13,18,23,37H,9,11-12,14-15H2,1H3,(H,27,32)(H,33,34)/t18-,23+/m1/s1. The summed E-state index contributed by atoms with van der Waals surface area (Å²) in [7, 11) is -3.15. The minimum atomic E-state index is -3.15. The van der Waals surface area contributed by atoms with E-state index in [-0.39, 0.29) is 31.8 Å². The summed E-state index contributed by atoms with van der Waals surface area (Å²) in [6.45, 7) is 0.824. The first-order chi connectivity index (χ1) is 17.7. The molecule has 2 amide bonds. The highest BCUT2D eigenvalue weighted by molar-refractivity contribution is 7.32. The van der Waals surface area contributed by atoms with Gasteiger partial charge in [-0.05, 0) is 30.7 Å². The monoisotopic (exact) mass is 531 g/mol. The number of rotatable bonds is 10. The van der Waals surface area contributed by atoms with Gasteiger partial charge in [0.05, 0.1) is 6.54 Å². The summed E-state index contributed by atoms with van der Waals surface area (Å²) in [5, 5.41) is 3.29. The van der Waals surface area contributed by atoms with E-state index in [1.807, 2.05) is 30.3 Å². The predicted molar refractivity (Wildman–Crippen MR) is 133 cm³/mol. The van der Waals surface area contributed by atoms with E-state index in [1.54, 1.807) is 22.8 Å². The Bertz CT molecular complexity index is 1330. The number of ether oxygens (including phenoxy) is 1. The van der Waals surface area contributed by atoms with Gasteiger partial charge in [-0.25, -0.2) is 4.39 Å². The maximum Gasteiger partial charge on any atom is 0.319 e. The lowest BCUT2D eigenvalue weighted by atomic mass is 10.1. The molecule has 4 rings (SSSR count). The van der Waals surface area contributed by atoms with Crippen molar-refractivity contribution in [2.45, 2.75) is 38.6 Å². The lowest BCUT2D eigenvalue weighted by Crippen LogP contribution is -2.46. The molecule has 1 aromatic heterocycles. The van der Waals surface area contributed by atoms with Crippen LogP contribution in [0.25, 0.3) is 10.9 Å². The average Bonchev–Trinajstić information content (AvgIpc) is 3.43. The van der Waals surface area contributed by atoms with Gasteiger partial charge in [0.15, 0.2) is 12.6 Å². The lowest BCUT2D eigenvalue weighted by molar-refractivity contribution is -0.139. The van der Waals surface area contributed by atoms with Crippen LogP contribution in [-0.2, 0) is 31.8 Å². The largest absolute Gasteiger partial charge is 0.467 e. The van der Waals surface area contributed by atoms with Gasteiger partial charge in [-0.15, -0.1) is 0 Å². The summed E-state index contributed by atoms with van der Waals surface area (Å²) in [5.41, 5.74) is 1.79. The van der Waals surface area contributed by atoms with Gasteiger partial charge in [-0.3, -0.25) is 23.5 Å². The number of nitrogens with one attached hydrogen (secondary N) is 1. The Morgan fingerprint density at radius 1 is 1.19 bits per heavy atom. The molecule has 1 fully saturated rings. The Labute approximate surface area is 212 Å². The molecule has 2 aromatic carbocycles. The summed E-state index contributed by atoms with van der Waals surface area (Å²) in [5.74, 6) is -0.812. The topological polar surface area (TPSA) is 127 Å². The van der Waals surface area contributed by atoms with Crippen LogP contribution in [0.2, 0.25) is 0 Å². The van der Waals surface area contributed by atoms with Crippen molar-refractivity contribution in [2.75, 3.05) is 13.3 Å². The van der Waals surface area contributed by atoms with Crippen molar-refractivity contribution < 1.29 is 37.5 Å². The molecule has 37 heavy (non-hydrogen) atoms. The highest BCUT2D eigenvalue weighted by Gasteiger charge is 2.39. The van der Waals surface area contributed by atoms with Crippen LogP contribution in [0.5, 0.6) is 5.75 Å². The predicted octanol–water partition coefficient (Wildman–Crippen LogP) is 2.83. The van der Waals surface area contributed by atoms with Crippen LogP contribution in [0.3, 0.4) is 0 Å². The minimum absolute atomic E-state index is 0.0829. The molecule has 10 nitrogen and oxygen atoms in total. The number of benzene rings is 2. The summed E-state index contributed by atoms with van der Waals surface area (Å²) in [6.07, 6.45) is 0.133. The van der Waals surface area contributed by atoms with Gasteiger partial charge < -0.3 is 24.4 Å². The molecule has 3 atom stereocenters. The number of fused-ring (bicyclic) bond motifs is 1. The third-order valence-corrected chi connectivity index (χ3v) is 6.49. The van der Waals surface area contributed by atoms with Gasteiger partial charge in [0.1, 0.15) is 24.5 Å². The number of hydrogen-bond acceptors (Lipinski definition) is 6. The quantitative estimate of drug-likeness (QED) is 0.234. The molecule has 3 aromatic rings. The first-order valence-corrected chi connectivity index (χ1v) is 12.9. The number of hydrogen-bond donors (Lipinski definition) is 2. The summed E-state index contributed by atoms with van der Waals surface area (Å²) >= 11 is 0. The lowest BCUT2D eigenvalue weighted by Gasteiger charge is -2.24. The van der Waals surface area contributed by atoms with Gasteiger partial charge in [-0.2, -0.15) is 0 Å². The Balaban J connectivity index is 1.50. The van der Waals surface area contributed by atoms with Crippen LogP contribution in [0.4, 0.5) is 4.39 Å². The number of alkyl halides is 1. The van der Waals surface area contributed by atoms with E-state index >= 15 is 0 Å². The Morgan fingerprint density at radius 3 is 2.65 bits per heavy atom. The second kappa shape index (κ2) is 11.7. The van der Waals surface area contributed by atoms with Crippen molar-refractivity contribution in [3.05, 3.63) is 65.9 Å². The molecule has 0 saturated carbocycles. The molecular formula is C25H27FN3O7P. The molecule has 0 bridgehead atoms. The van der Waals surface area contributed by atoms with Crippen molar-refractivity contribution in [1.82, 2.24) is 14.8 Å². The van der Waals surface area contributed by atoms with Crippen molar-refractivity contribution >= 4 is 36.8 Å². The molecule has 1 aliphatic rings. The van der Waals surface area contributed by atoms with Crippen LogP contribution in [0.1, 0.15) is 29.3 Å². The number of ketones is 1. The molecule has 1 aliphatic heterocycles. The molecular weight excluding hydrogens is 504 g/mol. The molecule has 1 unspecified atom stereocenters. The summed E-state index contributed by atoms with van der Waals surface area (Å²) in [4.78, 5) is 48.3. The number of amides is 2. The van der Waals surface area contributed by atoms with Crippen molar-refractivity contribution in [3.8, 4) is 5.75 Å². The molecule has 2 N–H and O–H groups in total. The Morgan fingerprint density at radius 2 is 1.95 bits per heavy atom. The molecule has 196 valence electrons. The molecule has 0 aliphatic carbocycles. The normalized spacial score (nSPS) is 18.1. The van der Waals surface area contributed by atoms with Gasteiger partial charge >= 0.3 is 8.25 Å². The minimum Gasteiger partial charge on any atom is -0.467 e. The fourth-order valence-electron chi connectivity index (χ4n) is 4.37. The van der Waals surface area contributed by atoms with Crippen LogP contribution in [0, 0.1) is 0 Å². The zero-order valence-corrected chi connectivity index (χ0v) is 21.1. The van der Waals surface area contributed by atoms with E-state index < -0.39 is 39.1 Å². The second-order valence-corrected chi connectivity index (χ2v) is 9.50. The molecule has 1 saturated heterocycles. The van der Waals surface area contributed by atoms with E-state index in [1.165, 1.54) is 18.0 Å². The maximum absolute atomic E-state index is 14.3. The zero-order valence-electron chi connectivity index (χ0n) is 20.1. The number of likely N-dealkylation sites (tertiary alicyclic amines) is 1. The number of carbonyl (C=O) groups excluding carboxylic acids is 3. The van der Waals surface area contributed by atoms with Gasteiger partial charge in [-0.1, -0.05) is 30.3 Å². The van der Waals surface area contributed by atoms with Crippen LogP contribution in [0.15, 0.2) is 54.7 Å². The van der Waals surface area contributed by atoms with Crippen molar-refractivity contribution in [3.63, 3.8) is 0 Å². The number of halogens is 1. The first kappa shape index (κ1) is 26.5. The molecule has 12 heteroatoms. The summed E-state index contributed by atoms with van der Waals surface area (Å²) < 4.78 is 36.4. The van der Waals surface area contributed by atoms with Crippen LogP contribution >= 0.6 is 8.25 Å². The third-order valence-electron chi connectivity index (χ3n) is 6.13. The fourth-order valence-corrected chi connectivity index (χ4v) is 4.53. The van der Waals surface area contributed by atoms with E-state index in [4.69, 9.17) is 9.63 Å². The first-order valence-electron chi connectivity index (χ1n) is 11.6. The van der Waals surface area contributed by atoms with Crippen LogP contribution < -0.4 is 10.1 Å². The van der Waals surface area contributed by atoms with Gasteiger partial charge in [0, 0.05) is 35.6 Å². The number of Topliss-reactive ketones (excluding diaryl/α,β-unsaturated/α-hetero) is 1. The van der Waals surface area contributed by atoms with E-state index in [2.05, 4.69) is 9.84 Å². The molecule has 2 heterocycles. The third kappa shape index (κ3) is 6.43. The van der Waals surface area contributed by atoms with E-state index in [0.717, 1.165) is 5.56 Å². The van der Waals surface area contributed by atoms with Gasteiger partial charge in [0.2, 0.25) is 11.8 Å². The van der Waals surface area contributed by atoms with Crippen LogP contribution in [-0.4, -0.2) is 57.5 Å². The second-order valence-electron chi connectivity index (χ2n) is 8.68.